The summed E-state index contributed by atoms with van der Waals surface area (Å²) >= 11 is 0. The molecule has 0 saturated carbocycles. The summed E-state index contributed by atoms with van der Waals surface area (Å²) in [6.07, 6.45) is 2.01. The molecule has 1 unspecified atom stereocenters. The van der Waals surface area contributed by atoms with Crippen molar-refractivity contribution in [2.45, 2.75) is 33.6 Å². The molecule has 0 rings (SSSR count). The van der Waals surface area contributed by atoms with Gasteiger partial charge in [-0.25, -0.2) is 4.79 Å². The van der Waals surface area contributed by atoms with Gasteiger partial charge < -0.3 is 14.9 Å². The van der Waals surface area contributed by atoms with E-state index in [-0.39, 0.29) is 12.6 Å². The van der Waals surface area contributed by atoms with Gasteiger partial charge in [-0.15, -0.1) is 0 Å². The number of carboxylic acids is 1. The highest BCUT2D eigenvalue weighted by atomic mass is 16.4. The Morgan fingerprint density at radius 1 is 1.29 bits per heavy atom. The maximum Gasteiger partial charge on any atom is 0.319 e. The number of urea groups is 1. The van der Waals surface area contributed by atoms with E-state index in [1.807, 2.05) is 6.92 Å². The van der Waals surface area contributed by atoms with Crippen LogP contribution in [-0.4, -0.2) is 53.6 Å². The van der Waals surface area contributed by atoms with Gasteiger partial charge in [0.05, 0.1) is 5.92 Å². The smallest absolute Gasteiger partial charge is 0.319 e. The highest BCUT2D eigenvalue weighted by Crippen LogP contribution is 2.04. The molecular weight excluding hydrogens is 220 g/mol. The van der Waals surface area contributed by atoms with Gasteiger partial charge in [-0.3, -0.25) is 4.79 Å². The van der Waals surface area contributed by atoms with E-state index in [0.29, 0.717) is 6.54 Å². The van der Waals surface area contributed by atoms with Crippen LogP contribution in [0.25, 0.3) is 0 Å². The van der Waals surface area contributed by atoms with Crippen molar-refractivity contribution in [3.05, 3.63) is 0 Å². The number of aliphatic carboxylic acids is 1. The molecule has 2 amide bonds. The standard InChI is InChI=1S/C12H24N2O3/c1-5-7-8-14(6-2)12(17)13(4)9-10(3)11(15)16/h10H,5-9H2,1-4H3,(H,15,16). The number of nitrogens with zero attached hydrogens (tertiary/aromatic N) is 2. The van der Waals surface area contributed by atoms with Crippen molar-refractivity contribution < 1.29 is 14.7 Å². The van der Waals surface area contributed by atoms with E-state index in [9.17, 15) is 9.59 Å². The lowest BCUT2D eigenvalue weighted by Crippen LogP contribution is -2.44. The number of carbonyl (C=O) groups excluding carboxylic acids is 1. The van der Waals surface area contributed by atoms with Gasteiger partial charge in [0, 0.05) is 26.7 Å². The second-order valence-electron chi connectivity index (χ2n) is 4.34. The minimum atomic E-state index is -0.874. The minimum Gasteiger partial charge on any atom is -0.481 e. The number of rotatable bonds is 7. The Bertz CT molecular complexity index is 256. The quantitative estimate of drug-likeness (QED) is 0.744. The van der Waals surface area contributed by atoms with Crippen LogP contribution in [0.1, 0.15) is 33.6 Å². The third-order valence-electron chi connectivity index (χ3n) is 2.73. The Hall–Kier alpha value is -1.26. The van der Waals surface area contributed by atoms with Gasteiger partial charge in [0.15, 0.2) is 0 Å². The molecule has 0 bridgehead atoms. The Labute approximate surface area is 103 Å². The van der Waals surface area contributed by atoms with Gasteiger partial charge in [-0.2, -0.15) is 0 Å². The Morgan fingerprint density at radius 2 is 1.88 bits per heavy atom. The summed E-state index contributed by atoms with van der Waals surface area (Å²) in [5.41, 5.74) is 0. The zero-order valence-corrected chi connectivity index (χ0v) is 11.3. The lowest BCUT2D eigenvalue weighted by Gasteiger charge is -2.28. The zero-order valence-electron chi connectivity index (χ0n) is 11.3. The number of carboxylic acid groups (broad SMARTS) is 1. The van der Waals surface area contributed by atoms with Crippen molar-refractivity contribution in [2.24, 2.45) is 5.92 Å². The van der Waals surface area contributed by atoms with Crippen molar-refractivity contribution >= 4 is 12.0 Å². The largest absolute Gasteiger partial charge is 0.481 e. The summed E-state index contributed by atoms with van der Waals surface area (Å²) in [5, 5.41) is 8.80. The van der Waals surface area contributed by atoms with Crippen molar-refractivity contribution in [2.75, 3.05) is 26.7 Å². The molecule has 0 aromatic rings. The van der Waals surface area contributed by atoms with E-state index in [4.69, 9.17) is 5.11 Å². The third-order valence-corrected chi connectivity index (χ3v) is 2.73. The molecule has 0 heterocycles. The zero-order chi connectivity index (χ0) is 13.4. The minimum absolute atomic E-state index is 0.0888. The fourth-order valence-corrected chi connectivity index (χ4v) is 1.55. The summed E-state index contributed by atoms with van der Waals surface area (Å²) < 4.78 is 0. The van der Waals surface area contributed by atoms with Gasteiger partial charge in [0.25, 0.3) is 0 Å². The monoisotopic (exact) mass is 244 g/mol. The molecule has 0 radical (unpaired) electrons. The molecular formula is C12H24N2O3. The van der Waals surface area contributed by atoms with Crippen LogP contribution >= 0.6 is 0 Å². The van der Waals surface area contributed by atoms with Crippen LogP contribution < -0.4 is 0 Å². The van der Waals surface area contributed by atoms with Crippen LogP contribution in [0, 0.1) is 5.92 Å². The van der Waals surface area contributed by atoms with E-state index in [0.717, 1.165) is 19.4 Å². The van der Waals surface area contributed by atoms with Crippen LogP contribution in [0.3, 0.4) is 0 Å². The molecule has 5 nitrogen and oxygen atoms in total. The van der Waals surface area contributed by atoms with Crippen LogP contribution in [0.2, 0.25) is 0 Å². The molecule has 0 saturated heterocycles. The van der Waals surface area contributed by atoms with Gasteiger partial charge >= 0.3 is 12.0 Å². The fourth-order valence-electron chi connectivity index (χ4n) is 1.55. The maximum atomic E-state index is 12.0. The maximum absolute atomic E-state index is 12.0. The van der Waals surface area contributed by atoms with Crippen molar-refractivity contribution in [3.8, 4) is 0 Å². The van der Waals surface area contributed by atoms with E-state index >= 15 is 0 Å². The molecule has 17 heavy (non-hydrogen) atoms. The molecule has 0 aliphatic heterocycles. The highest BCUT2D eigenvalue weighted by Gasteiger charge is 2.20. The average Bonchev–Trinajstić information content (AvgIpc) is 2.29. The van der Waals surface area contributed by atoms with Crippen LogP contribution in [0.5, 0.6) is 0 Å². The Balaban J connectivity index is 4.30. The number of unbranched alkanes of at least 4 members (excludes halogenated alkanes) is 1. The molecule has 1 atom stereocenters. The molecule has 0 fully saturated rings. The molecule has 0 aromatic carbocycles. The molecule has 0 aliphatic carbocycles. The first-order valence-corrected chi connectivity index (χ1v) is 6.16. The van der Waals surface area contributed by atoms with Gasteiger partial charge in [-0.05, 0) is 13.3 Å². The van der Waals surface area contributed by atoms with E-state index < -0.39 is 11.9 Å². The SMILES string of the molecule is CCCCN(CC)C(=O)N(C)CC(C)C(=O)O. The summed E-state index contributed by atoms with van der Waals surface area (Å²) in [5.74, 6) is -1.41. The second kappa shape index (κ2) is 7.92. The molecule has 0 spiro atoms. The van der Waals surface area contributed by atoms with Gasteiger partial charge in [-0.1, -0.05) is 20.3 Å². The number of hydrogen-bond donors (Lipinski definition) is 1. The predicted molar refractivity (Wildman–Crippen MR) is 67.0 cm³/mol. The van der Waals surface area contributed by atoms with Gasteiger partial charge in [0.1, 0.15) is 0 Å². The van der Waals surface area contributed by atoms with E-state index in [1.54, 1.807) is 18.9 Å². The molecule has 1 N–H and O–H groups in total. The molecule has 5 heteroatoms. The molecule has 0 aliphatic rings. The summed E-state index contributed by atoms with van der Waals surface area (Å²) in [4.78, 5) is 25.9. The normalized spacial score (nSPS) is 12.0. The van der Waals surface area contributed by atoms with Crippen LogP contribution in [0.4, 0.5) is 4.79 Å². The summed E-state index contributed by atoms with van der Waals surface area (Å²) in [7, 11) is 1.65. The van der Waals surface area contributed by atoms with E-state index in [2.05, 4.69) is 6.92 Å². The topological polar surface area (TPSA) is 60.9 Å². The second-order valence-corrected chi connectivity index (χ2v) is 4.34. The lowest BCUT2D eigenvalue weighted by molar-refractivity contribution is -0.141. The van der Waals surface area contributed by atoms with Crippen molar-refractivity contribution in [1.29, 1.82) is 0 Å². The van der Waals surface area contributed by atoms with E-state index in [1.165, 1.54) is 4.90 Å². The highest BCUT2D eigenvalue weighted by molar-refractivity contribution is 5.75. The first-order chi connectivity index (χ1) is 7.93. The molecule has 100 valence electrons. The van der Waals surface area contributed by atoms with Crippen LogP contribution in [-0.2, 0) is 4.79 Å². The number of amides is 2. The molecule has 0 aromatic heterocycles. The number of carbonyl (C=O) groups is 2. The van der Waals surface area contributed by atoms with Gasteiger partial charge in [0.2, 0.25) is 0 Å². The predicted octanol–water partition coefficient (Wildman–Crippen LogP) is 1.88. The first kappa shape index (κ1) is 15.7. The third kappa shape index (κ3) is 5.56. The Kier molecular flexibility index (Phi) is 7.34. The first-order valence-electron chi connectivity index (χ1n) is 6.16. The average molecular weight is 244 g/mol. The van der Waals surface area contributed by atoms with Crippen molar-refractivity contribution in [1.82, 2.24) is 9.80 Å². The summed E-state index contributed by atoms with van der Waals surface area (Å²) in [6, 6.07) is -0.0888. The number of hydrogen-bond acceptors (Lipinski definition) is 2. The summed E-state index contributed by atoms with van der Waals surface area (Å²) in [6.45, 7) is 7.25. The Morgan fingerprint density at radius 3 is 2.29 bits per heavy atom. The lowest BCUT2D eigenvalue weighted by atomic mass is 10.2. The fraction of sp³-hybridized carbons (Fsp3) is 0.833. The van der Waals surface area contributed by atoms with Crippen molar-refractivity contribution in [3.63, 3.8) is 0 Å². The van der Waals surface area contributed by atoms with Crippen LogP contribution in [0.15, 0.2) is 0 Å².